The van der Waals surface area contributed by atoms with Gasteiger partial charge >= 0.3 is 5.97 Å². The molecule has 0 aliphatic carbocycles. The van der Waals surface area contributed by atoms with Crippen LogP contribution in [0.25, 0.3) is 0 Å². The summed E-state index contributed by atoms with van der Waals surface area (Å²) in [6.07, 6.45) is 2.05. The Labute approximate surface area is 113 Å². The Kier molecular flexibility index (Phi) is 3.71. The van der Waals surface area contributed by atoms with Crippen LogP contribution in [-0.2, 0) is 6.42 Å². The molecule has 19 heavy (non-hydrogen) atoms. The van der Waals surface area contributed by atoms with E-state index in [1.165, 1.54) is 17.6 Å². The van der Waals surface area contributed by atoms with Crippen molar-refractivity contribution in [2.24, 2.45) is 0 Å². The van der Waals surface area contributed by atoms with Crippen LogP contribution in [0.5, 0.6) is 0 Å². The predicted octanol–water partition coefficient (Wildman–Crippen LogP) is 3.16. The lowest BCUT2D eigenvalue weighted by Crippen LogP contribution is -2.13. The van der Waals surface area contributed by atoms with E-state index in [4.69, 9.17) is 9.52 Å². The fourth-order valence-corrected chi connectivity index (χ4v) is 2.65. The number of carbonyl (C=O) groups excluding carboxylic acids is 1. The minimum absolute atomic E-state index is 0.109. The number of furan rings is 1. The monoisotopic (exact) mass is 279 g/mol. The van der Waals surface area contributed by atoms with Crippen molar-refractivity contribution < 1.29 is 19.1 Å². The molecule has 0 spiro atoms. The Morgan fingerprint density at radius 1 is 1.42 bits per heavy atom. The Bertz CT molecular complexity index is 626. The molecule has 6 heteroatoms. The maximum atomic E-state index is 12.1. The zero-order valence-corrected chi connectivity index (χ0v) is 11.3. The molecule has 2 heterocycles. The number of amides is 1. The largest absolute Gasteiger partial charge is 0.478 e. The summed E-state index contributed by atoms with van der Waals surface area (Å²) in [6.45, 7) is 3.68. The summed E-state index contributed by atoms with van der Waals surface area (Å²) >= 11 is 1.24. The first-order valence-electron chi connectivity index (χ1n) is 5.74. The van der Waals surface area contributed by atoms with Gasteiger partial charge in [-0.2, -0.15) is 0 Å². The maximum Gasteiger partial charge on any atom is 0.338 e. The quantitative estimate of drug-likeness (QED) is 0.901. The van der Waals surface area contributed by atoms with E-state index in [1.54, 1.807) is 19.1 Å². The molecule has 2 rings (SSSR count). The number of nitrogens with one attached hydrogen (secondary N) is 1. The number of carboxylic acid groups (broad SMARTS) is 1. The SMILES string of the molecule is CCc1occc1C(=O)Nc1sc(C)cc1C(=O)O. The van der Waals surface area contributed by atoms with E-state index >= 15 is 0 Å². The van der Waals surface area contributed by atoms with Crippen molar-refractivity contribution in [1.29, 1.82) is 0 Å². The molecule has 0 unspecified atom stereocenters. The molecule has 2 N–H and O–H groups in total. The number of rotatable bonds is 4. The van der Waals surface area contributed by atoms with E-state index in [2.05, 4.69) is 5.32 Å². The van der Waals surface area contributed by atoms with Gasteiger partial charge in [-0.1, -0.05) is 6.92 Å². The van der Waals surface area contributed by atoms with Gasteiger partial charge < -0.3 is 14.8 Å². The highest BCUT2D eigenvalue weighted by molar-refractivity contribution is 7.16. The minimum atomic E-state index is -1.05. The molecular weight excluding hydrogens is 266 g/mol. The zero-order valence-electron chi connectivity index (χ0n) is 10.5. The highest BCUT2D eigenvalue weighted by Gasteiger charge is 2.19. The van der Waals surface area contributed by atoms with Gasteiger partial charge in [0.1, 0.15) is 10.8 Å². The third-order valence-electron chi connectivity index (χ3n) is 2.62. The number of aromatic carboxylic acids is 1. The van der Waals surface area contributed by atoms with Crippen LogP contribution in [0.4, 0.5) is 5.00 Å². The molecule has 0 fully saturated rings. The van der Waals surface area contributed by atoms with Crippen LogP contribution in [0.15, 0.2) is 22.8 Å². The van der Waals surface area contributed by atoms with E-state index < -0.39 is 5.97 Å². The summed E-state index contributed by atoms with van der Waals surface area (Å²) in [5.41, 5.74) is 0.544. The fourth-order valence-electron chi connectivity index (χ4n) is 1.75. The highest BCUT2D eigenvalue weighted by atomic mass is 32.1. The van der Waals surface area contributed by atoms with E-state index in [0.717, 1.165) is 4.88 Å². The van der Waals surface area contributed by atoms with Crippen LogP contribution in [-0.4, -0.2) is 17.0 Å². The molecule has 5 nitrogen and oxygen atoms in total. The molecule has 0 aliphatic heterocycles. The van der Waals surface area contributed by atoms with Crippen molar-refractivity contribution in [2.75, 3.05) is 5.32 Å². The number of hydrogen-bond donors (Lipinski definition) is 2. The highest BCUT2D eigenvalue weighted by Crippen LogP contribution is 2.28. The summed E-state index contributed by atoms with van der Waals surface area (Å²) < 4.78 is 5.18. The average molecular weight is 279 g/mol. The second kappa shape index (κ2) is 5.27. The van der Waals surface area contributed by atoms with Gasteiger partial charge in [0, 0.05) is 11.3 Å². The summed E-state index contributed by atoms with van der Waals surface area (Å²) in [5.74, 6) is -0.819. The standard InChI is InChI=1S/C13H13NO4S/c1-3-10-8(4-5-18-10)11(15)14-12-9(13(16)17)6-7(2)19-12/h4-6H,3H2,1-2H3,(H,14,15)(H,16,17). The van der Waals surface area contributed by atoms with Gasteiger partial charge in [0.05, 0.1) is 17.4 Å². The molecule has 0 saturated carbocycles. The third kappa shape index (κ3) is 2.68. The Balaban J connectivity index is 2.26. The number of aryl methyl sites for hydroxylation is 2. The van der Waals surface area contributed by atoms with Crippen molar-refractivity contribution in [1.82, 2.24) is 0 Å². The second-order valence-corrected chi connectivity index (χ2v) is 5.23. The first-order valence-corrected chi connectivity index (χ1v) is 6.56. The van der Waals surface area contributed by atoms with Crippen molar-refractivity contribution in [3.8, 4) is 0 Å². The van der Waals surface area contributed by atoms with Crippen molar-refractivity contribution >= 4 is 28.2 Å². The van der Waals surface area contributed by atoms with E-state index in [0.29, 0.717) is 22.7 Å². The molecule has 100 valence electrons. The summed E-state index contributed by atoms with van der Waals surface area (Å²) in [6, 6.07) is 3.12. The van der Waals surface area contributed by atoms with Gasteiger partial charge in [-0.05, 0) is 19.1 Å². The second-order valence-electron chi connectivity index (χ2n) is 3.97. The van der Waals surface area contributed by atoms with Gasteiger partial charge in [-0.3, -0.25) is 4.79 Å². The molecule has 2 aromatic rings. The Morgan fingerprint density at radius 2 is 2.16 bits per heavy atom. The lowest BCUT2D eigenvalue weighted by atomic mass is 10.2. The van der Waals surface area contributed by atoms with Crippen LogP contribution in [0.2, 0.25) is 0 Å². The number of carboxylic acids is 1. The van der Waals surface area contributed by atoms with Crippen LogP contribution in [0.1, 0.15) is 38.3 Å². The lowest BCUT2D eigenvalue weighted by molar-refractivity contribution is 0.0698. The molecule has 0 atom stereocenters. The molecular formula is C13H13NO4S. The average Bonchev–Trinajstić information content (AvgIpc) is 2.95. The molecule has 0 aliphatic rings. The first kappa shape index (κ1) is 13.4. The van der Waals surface area contributed by atoms with E-state index in [-0.39, 0.29) is 11.5 Å². The molecule has 0 radical (unpaired) electrons. The van der Waals surface area contributed by atoms with Crippen molar-refractivity contribution in [2.45, 2.75) is 20.3 Å². The summed E-state index contributed by atoms with van der Waals surface area (Å²) in [5, 5.41) is 12.0. The van der Waals surface area contributed by atoms with E-state index in [9.17, 15) is 9.59 Å². The lowest BCUT2D eigenvalue weighted by Gasteiger charge is -2.03. The molecule has 0 bridgehead atoms. The Hall–Kier alpha value is -2.08. The van der Waals surface area contributed by atoms with Gasteiger partial charge in [-0.15, -0.1) is 11.3 Å². The minimum Gasteiger partial charge on any atom is -0.478 e. The Morgan fingerprint density at radius 3 is 2.79 bits per heavy atom. The molecule has 0 saturated heterocycles. The van der Waals surface area contributed by atoms with Crippen LogP contribution in [0, 0.1) is 6.92 Å². The van der Waals surface area contributed by atoms with Gasteiger partial charge in [-0.25, -0.2) is 4.79 Å². The topological polar surface area (TPSA) is 79.5 Å². The van der Waals surface area contributed by atoms with Crippen molar-refractivity contribution in [3.05, 3.63) is 40.2 Å². The van der Waals surface area contributed by atoms with Gasteiger partial charge in [0.2, 0.25) is 0 Å². The smallest absolute Gasteiger partial charge is 0.338 e. The number of thiophene rings is 1. The molecule has 1 amide bonds. The van der Waals surface area contributed by atoms with Gasteiger partial charge in [0.15, 0.2) is 0 Å². The summed E-state index contributed by atoms with van der Waals surface area (Å²) in [7, 11) is 0. The first-order chi connectivity index (χ1) is 9.02. The number of anilines is 1. The number of hydrogen-bond acceptors (Lipinski definition) is 4. The number of carbonyl (C=O) groups is 2. The van der Waals surface area contributed by atoms with Crippen molar-refractivity contribution in [3.63, 3.8) is 0 Å². The maximum absolute atomic E-state index is 12.1. The normalized spacial score (nSPS) is 10.4. The van der Waals surface area contributed by atoms with Gasteiger partial charge in [0.25, 0.3) is 5.91 Å². The zero-order chi connectivity index (χ0) is 14.0. The van der Waals surface area contributed by atoms with E-state index in [1.807, 2.05) is 6.92 Å². The summed E-state index contributed by atoms with van der Waals surface area (Å²) in [4.78, 5) is 24.0. The van der Waals surface area contributed by atoms with Crippen LogP contribution < -0.4 is 5.32 Å². The third-order valence-corrected chi connectivity index (χ3v) is 3.59. The predicted molar refractivity (Wildman–Crippen MR) is 72.1 cm³/mol. The molecule has 2 aromatic heterocycles. The molecule has 0 aromatic carbocycles. The fraction of sp³-hybridized carbons (Fsp3) is 0.231. The van der Waals surface area contributed by atoms with Crippen LogP contribution in [0.3, 0.4) is 0 Å². The van der Waals surface area contributed by atoms with Crippen LogP contribution >= 0.6 is 11.3 Å².